The quantitative estimate of drug-likeness (QED) is 0.134. The van der Waals surface area contributed by atoms with Gasteiger partial charge in [-0.15, -0.1) is 0 Å². The highest BCUT2D eigenvalue weighted by Crippen LogP contribution is 2.44. The van der Waals surface area contributed by atoms with Crippen LogP contribution in [0.15, 0.2) is 169 Å². The summed E-state index contributed by atoms with van der Waals surface area (Å²) in [5.41, 5.74) is 8.78. The van der Waals surface area contributed by atoms with E-state index >= 15 is 0 Å². The van der Waals surface area contributed by atoms with E-state index in [1.807, 2.05) is 78.9 Å². The molecule has 0 aliphatic carbocycles. The Kier molecular flexibility index (Phi) is 7.14. The van der Waals surface area contributed by atoms with Gasteiger partial charge >= 0.3 is 0 Å². The molecule has 0 aliphatic rings. The van der Waals surface area contributed by atoms with Gasteiger partial charge in [0.25, 0.3) is 0 Å². The SMILES string of the molecule is C=C/C=C(\c1cccc(-c2nc(-c3ccccc3)nc(-c3ccccc3)n2)c1C)c1cc2oc3ccccc3c2c2c1ccc1ccccc12. The zero-order valence-electron chi connectivity index (χ0n) is 27.5. The van der Waals surface area contributed by atoms with Crippen LogP contribution in [0.4, 0.5) is 0 Å². The molecule has 7 aromatic carbocycles. The van der Waals surface area contributed by atoms with Crippen molar-refractivity contribution in [3.63, 3.8) is 0 Å². The predicted octanol–water partition coefficient (Wildman–Crippen LogP) is 12.0. The second-order valence-corrected chi connectivity index (χ2v) is 12.4. The van der Waals surface area contributed by atoms with Crippen molar-refractivity contribution in [3.8, 4) is 34.2 Å². The molecule has 9 rings (SSSR count). The fourth-order valence-electron chi connectivity index (χ4n) is 7.16. The average Bonchev–Trinajstić information content (AvgIpc) is 3.56. The fourth-order valence-corrected chi connectivity index (χ4v) is 7.16. The number of aromatic nitrogens is 3. The number of fused-ring (bicyclic) bond motifs is 7. The zero-order valence-corrected chi connectivity index (χ0v) is 27.5. The number of allylic oxidation sites excluding steroid dienone is 2. The van der Waals surface area contributed by atoms with Crippen LogP contribution in [0.5, 0.6) is 0 Å². The van der Waals surface area contributed by atoms with Crippen molar-refractivity contribution in [1.29, 1.82) is 0 Å². The van der Waals surface area contributed by atoms with Crippen molar-refractivity contribution in [2.75, 3.05) is 0 Å². The average molecular weight is 642 g/mol. The molecular formula is C46H31N3O. The highest BCUT2D eigenvalue weighted by Gasteiger charge is 2.21. The third-order valence-corrected chi connectivity index (χ3v) is 9.51. The zero-order chi connectivity index (χ0) is 33.6. The van der Waals surface area contributed by atoms with Gasteiger partial charge in [-0.05, 0) is 57.5 Å². The molecule has 236 valence electrons. The van der Waals surface area contributed by atoms with Crippen LogP contribution in [0, 0.1) is 6.92 Å². The van der Waals surface area contributed by atoms with E-state index in [4.69, 9.17) is 19.4 Å². The van der Waals surface area contributed by atoms with Crippen LogP contribution < -0.4 is 0 Å². The minimum atomic E-state index is 0.624. The summed E-state index contributed by atoms with van der Waals surface area (Å²) >= 11 is 0. The smallest absolute Gasteiger partial charge is 0.164 e. The molecule has 0 unspecified atom stereocenters. The topological polar surface area (TPSA) is 51.8 Å². The molecule has 0 saturated carbocycles. The van der Waals surface area contributed by atoms with Crippen LogP contribution in [0.3, 0.4) is 0 Å². The summed E-state index contributed by atoms with van der Waals surface area (Å²) in [5, 5.41) is 6.96. The number of hydrogen-bond donors (Lipinski definition) is 0. The number of para-hydroxylation sites is 1. The molecule has 4 nitrogen and oxygen atoms in total. The Morgan fingerprint density at radius 2 is 1.18 bits per heavy atom. The van der Waals surface area contributed by atoms with Crippen molar-refractivity contribution in [2.45, 2.75) is 6.92 Å². The Morgan fingerprint density at radius 3 is 1.90 bits per heavy atom. The van der Waals surface area contributed by atoms with E-state index in [2.05, 4.69) is 92.4 Å². The van der Waals surface area contributed by atoms with Crippen LogP contribution in [0.25, 0.3) is 83.2 Å². The minimum Gasteiger partial charge on any atom is -0.456 e. The lowest BCUT2D eigenvalue weighted by molar-refractivity contribution is 0.669. The normalized spacial score (nSPS) is 11.9. The van der Waals surface area contributed by atoms with Crippen LogP contribution in [-0.2, 0) is 0 Å². The number of benzene rings is 7. The Balaban J connectivity index is 1.29. The largest absolute Gasteiger partial charge is 0.456 e. The third-order valence-electron chi connectivity index (χ3n) is 9.51. The van der Waals surface area contributed by atoms with E-state index in [1.54, 1.807) is 0 Å². The summed E-state index contributed by atoms with van der Waals surface area (Å²) in [6, 6.07) is 50.0. The Labute approximate surface area is 289 Å². The van der Waals surface area contributed by atoms with Gasteiger partial charge in [0.15, 0.2) is 17.5 Å². The molecule has 0 amide bonds. The van der Waals surface area contributed by atoms with E-state index < -0.39 is 0 Å². The molecule has 0 fully saturated rings. The van der Waals surface area contributed by atoms with Gasteiger partial charge in [0.1, 0.15) is 11.2 Å². The molecule has 0 saturated heterocycles. The second-order valence-electron chi connectivity index (χ2n) is 12.4. The molecule has 0 aliphatic heterocycles. The highest BCUT2D eigenvalue weighted by atomic mass is 16.3. The van der Waals surface area contributed by atoms with Gasteiger partial charge in [-0.25, -0.2) is 15.0 Å². The first kappa shape index (κ1) is 29.5. The Bertz CT molecular complexity index is 2720. The van der Waals surface area contributed by atoms with Crippen molar-refractivity contribution in [2.24, 2.45) is 0 Å². The second kappa shape index (κ2) is 12.1. The van der Waals surface area contributed by atoms with Gasteiger partial charge in [0.05, 0.1) is 0 Å². The van der Waals surface area contributed by atoms with Gasteiger partial charge in [-0.3, -0.25) is 0 Å². The first-order valence-electron chi connectivity index (χ1n) is 16.7. The van der Waals surface area contributed by atoms with Gasteiger partial charge in [0.2, 0.25) is 0 Å². The Hall–Kier alpha value is -6.65. The minimum absolute atomic E-state index is 0.624. The van der Waals surface area contributed by atoms with Crippen LogP contribution in [-0.4, -0.2) is 15.0 Å². The summed E-state index contributed by atoms with van der Waals surface area (Å²) in [6.07, 6.45) is 3.96. The number of furan rings is 1. The van der Waals surface area contributed by atoms with E-state index in [1.165, 1.54) is 16.2 Å². The molecule has 0 N–H and O–H groups in total. The number of nitrogens with zero attached hydrogens (tertiary/aromatic N) is 3. The fraction of sp³-hybridized carbons (Fsp3) is 0.0217. The lowest BCUT2D eigenvalue weighted by Crippen LogP contribution is -2.02. The van der Waals surface area contributed by atoms with E-state index in [-0.39, 0.29) is 0 Å². The van der Waals surface area contributed by atoms with Crippen molar-refractivity contribution in [1.82, 2.24) is 15.0 Å². The molecular weight excluding hydrogens is 611 g/mol. The molecule has 4 heteroatoms. The number of rotatable bonds is 6. The molecule has 0 atom stereocenters. The van der Waals surface area contributed by atoms with Crippen LogP contribution in [0.1, 0.15) is 16.7 Å². The summed E-state index contributed by atoms with van der Waals surface area (Å²) in [7, 11) is 0. The maximum Gasteiger partial charge on any atom is 0.164 e. The lowest BCUT2D eigenvalue weighted by atomic mass is 9.86. The summed E-state index contributed by atoms with van der Waals surface area (Å²) in [5.74, 6) is 1.89. The van der Waals surface area contributed by atoms with Crippen molar-refractivity contribution in [3.05, 3.63) is 181 Å². The molecule has 9 aromatic rings. The summed E-state index contributed by atoms with van der Waals surface area (Å²) in [6.45, 7) is 6.29. The first-order chi connectivity index (χ1) is 24.7. The standard InChI is InChI=1S/C46H31N3O/c1-3-15-36(39-28-41-43(38-22-12-13-25-40(38)50-41)42-35-21-11-10-16-30(35)26-27-37(39)42)33-23-14-24-34(29(33)2)46-48-44(31-17-6-4-7-18-31)47-45(49-46)32-19-8-5-9-20-32/h3-28H,1H2,2H3/b36-15+. The molecule has 0 spiro atoms. The van der Waals surface area contributed by atoms with Gasteiger partial charge in [-0.2, -0.15) is 0 Å². The third kappa shape index (κ3) is 4.89. The Morgan fingerprint density at radius 1 is 0.540 bits per heavy atom. The van der Waals surface area contributed by atoms with Crippen molar-refractivity contribution >= 4 is 49.1 Å². The predicted molar refractivity (Wildman–Crippen MR) is 207 cm³/mol. The van der Waals surface area contributed by atoms with E-state index in [0.29, 0.717) is 17.5 Å². The first-order valence-corrected chi connectivity index (χ1v) is 16.7. The van der Waals surface area contributed by atoms with Gasteiger partial charge < -0.3 is 4.42 Å². The highest BCUT2D eigenvalue weighted by molar-refractivity contribution is 6.28. The van der Waals surface area contributed by atoms with Crippen molar-refractivity contribution < 1.29 is 4.42 Å². The van der Waals surface area contributed by atoms with Crippen LogP contribution in [0.2, 0.25) is 0 Å². The maximum absolute atomic E-state index is 6.57. The van der Waals surface area contributed by atoms with E-state index in [0.717, 1.165) is 66.3 Å². The van der Waals surface area contributed by atoms with Crippen LogP contribution >= 0.6 is 0 Å². The maximum atomic E-state index is 6.57. The number of hydrogen-bond acceptors (Lipinski definition) is 4. The molecule has 2 aromatic heterocycles. The monoisotopic (exact) mass is 641 g/mol. The molecule has 0 bridgehead atoms. The van der Waals surface area contributed by atoms with E-state index in [9.17, 15) is 0 Å². The summed E-state index contributed by atoms with van der Waals surface area (Å²) < 4.78 is 6.57. The molecule has 50 heavy (non-hydrogen) atoms. The molecule has 0 radical (unpaired) electrons. The lowest BCUT2D eigenvalue weighted by Gasteiger charge is -2.18. The summed E-state index contributed by atoms with van der Waals surface area (Å²) in [4.78, 5) is 15.0. The van der Waals surface area contributed by atoms with Gasteiger partial charge in [-0.1, -0.05) is 152 Å². The van der Waals surface area contributed by atoms with Gasteiger partial charge in [0, 0.05) is 32.8 Å². The molecule has 2 heterocycles.